The number of likely N-dealkylation sites (N-methyl/N-ethyl adjacent to an activating group) is 1. The normalized spacial score (nSPS) is 18.2. The molecule has 2 rings (SSSR count). The number of amides is 1. The van der Waals surface area contributed by atoms with Crippen molar-refractivity contribution in [3.8, 4) is 0 Å². The zero-order valence-corrected chi connectivity index (χ0v) is 11.9. The number of carboxylic acids is 1. The van der Waals surface area contributed by atoms with Gasteiger partial charge in [-0.25, -0.2) is 4.79 Å². The van der Waals surface area contributed by atoms with Crippen LogP contribution in [0, 0.1) is 0 Å². The molecule has 0 atom stereocenters. The average molecular weight is 277 g/mol. The van der Waals surface area contributed by atoms with E-state index in [9.17, 15) is 14.7 Å². The molecule has 1 amide bonds. The van der Waals surface area contributed by atoms with E-state index in [1.54, 1.807) is 42.8 Å². The van der Waals surface area contributed by atoms with Crippen LogP contribution in [0.2, 0.25) is 0 Å². The second-order valence-electron chi connectivity index (χ2n) is 5.49. The molecule has 1 aromatic rings. The standard InChI is InChI=1S/C14H19N3O3/c1-14(2)13(20)16(3)7-8-17(14)11-9(12(18)19)5-4-6-10(11)15/h4-6H,7-8,15H2,1-3H3,(H,18,19). The number of carbonyl (C=O) groups excluding carboxylic acids is 1. The molecule has 0 aromatic heterocycles. The fourth-order valence-electron chi connectivity index (χ4n) is 2.64. The number of rotatable bonds is 2. The van der Waals surface area contributed by atoms with Gasteiger partial charge in [0.05, 0.1) is 16.9 Å². The maximum absolute atomic E-state index is 12.3. The number of hydrogen-bond acceptors (Lipinski definition) is 4. The van der Waals surface area contributed by atoms with Crippen molar-refractivity contribution in [3.05, 3.63) is 23.8 Å². The van der Waals surface area contributed by atoms with Gasteiger partial charge in [-0.2, -0.15) is 0 Å². The van der Waals surface area contributed by atoms with E-state index in [1.165, 1.54) is 6.07 Å². The molecule has 0 radical (unpaired) electrons. The van der Waals surface area contributed by atoms with E-state index < -0.39 is 11.5 Å². The van der Waals surface area contributed by atoms with Crippen LogP contribution in [0.25, 0.3) is 0 Å². The third kappa shape index (κ3) is 2.07. The van der Waals surface area contributed by atoms with E-state index in [0.29, 0.717) is 24.5 Å². The highest BCUT2D eigenvalue weighted by Gasteiger charge is 2.42. The number of para-hydroxylation sites is 1. The second-order valence-corrected chi connectivity index (χ2v) is 5.49. The van der Waals surface area contributed by atoms with Gasteiger partial charge in [0.25, 0.3) is 0 Å². The van der Waals surface area contributed by atoms with Gasteiger partial charge in [0.2, 0.25) is 5.91 Å². The molecule has 1 fully saturated rings. The van der Waals surface area contributed by atoms with Crippen molar-refractivity contribution < 1.29 is 14.7 Å². The van der Waals surface area contributed by atoms with Crippen LogP contribution in [-0.2, 0) is 4.79 Å². The van der Waals surface area contributed by atoms with Crippen molar-refractivity contribution in [1.29, 1.82) is 0 Å². The molecule has 0 saturated carbocycles. The fourth-order valence-corrected chi connectivity index (χ4v) is 2.64. The molecule has 3 N–H and O–H groups in total. The Bertz CT molecular complexity index is 569. The third-order valence-electron chi connectivity index (χ3n) is 3.77. The number of hydrogen-bond donors (Lipinski definition) is 2. The summed E-state index contributed by atoms with van der Waals surface area (Å²) in [7, 11) is 1.74. The zero-order chi connectivity index (χ0) is 15.1. The number of carboxylic acid groups (broad SMARTS) is 1. The van der Waals surface area contributed by atoms with Crippen LogP contribution in [0.5, 0.6) is 0 Å². The maximum Gasteiger partial charge on any atom is 0.337 e. The first-order chi connectivity index (χ1) is 9.26. The SMILES string of the molecule is CN1CCN(c2c(N)cccc2C(=O)O)C(C)(C)C1=O. The first kappa shape index (κ1) is 14.2. The number of carbonyl (C=O) groups is 2. The summed E-state index contributed by atoms with van der Waals surface area (Å²) in [4.78, 5) is 27.1. The summed E-state index contributed by atoms with van der Waals surface area (Å²) in [6.45, 7) is 4.64. The Balaban J connectivity index is 2.57. The first-order valence-electron chi connectivity index (χ1n) is 6.42. The van der Waals surface area contributed by atoms with Crippen molar-refractivity contribution >= 4 is 23.3 Å². The monoisotopic (exact) mass is 277 g/mol. The summed E-state index contributed by atoms with van der Waals surface area (Å²) in [6, 6.07) is 4.76. The Labute approximate surface area is 117 Å². The highest BCUT2D eigenvalue weighted by atomic mass is 16.4. The predicted octanol–water partition coefficient (Wildman–Crippen LogP) is 1.02. The van der Waals surface area contributed by atoms with E-state index in [2.05, 4.69) is 0 Å². The molecule has 6 heteroatoms. The summed E-state index contributed by atoms with van der Waals surface area (Å²) in [6.07, 6.45) is 0. The number of nitrogens with two attached hydrogens (primary N) is 1. The number of nitrogen functional groups attached to an aromatic ring is 1. The second kappa shape index (κ2) is 4.70. The molecule has 6 nitrogen and oxygen atoms in total. The Hall–Kier alpha value is -2.24. The van der Waals surface area contributed by atoms with Crippen molar-refractivity contribution in [1.82, 2.24) is 4.90 Å². The van der Waals surface area contributed by atoms with Crippen LogP contribution in [0.4, 0.5) is 11.4 Å². The van der Waals surface area contributed by atoms with Crippen LogP contribution in [0.3, 0.4) is 0 Å². The lowest BCUT2D eigenvalue weighted by atomic mass is 9.95. The topological polar surface area (TPSA) is 86.9 Å². The van der Waals surface area contributed by atoms with Crippen molar-refractivity contribution in [2.45, 2.75) is 19.4 Å². The molecular weight excluding hydrogens is 258 g/mol. The molecule has 1 aromatic carbocycles. The Morgan fingerprint density at radius 3 is 2.60 bits per heavy atom. The minimum absolute atomic E-state index is 0.0525. The van der Waals surface area contributed by atoms with Crippen LogP contribution >= 0.6 is 0 Å². The maximum atomic E-state index is 12.3. The van der Waals surface area contributed by atoms with Gasteiger partial charge in [0.1, 0.15) is 5.54 Å². The van der Waals surface area contributed by atoms with E-state index in [0.717, 1.165) is 0 Å². The lowest BCUT2D eigenvalue weighted by Crippen LogP contribution is -2.62. The Morgan fingerprint density at radius 2 is 2.00 bits per heavy atom. The van der Waals surface area contributed by atoms with Crippen molar-refractivity contribution in [3.63, 3.8) is 0 Å². The molecule has 1 saturated heterocycles. The van der Waals surface area contributed by atoms with Crippen molar-refractivity contribution in [2.75, 3.05) is 30.8 Å². The van der Waals surface area contributed by atoms with Gasteiger partial charge in [-0.05, 0) is 26.0 Å². The highest BCUT2D eigenvalue weighted by molar-refractivity contribution is 6.00. The number of aromatic carboxylic acids is 1. The number of anilines is 2. The summed E-state index contributed by atoms with van der Waals surface area (Å²) < 4.78 is 0. The quantitative estimate of drug-likeness (QED) is 0.788. The minimum atomic E-state index is -1.05. The fraction of sp³-hybridized carbons (Fsp3) is 0.429. The summed E-state index contributed by atoms with van der Waals surface area (Å²) >= 11 is 0. The van der Waals surface area contributed by atoms with Crippen LogP contribution in [-0.4, -0.2) is 47.6 Å². The summed E-state index contributed by atoms with van der Waals surface area (Å²) in [5.41, 5.74) is 6.05. The number of nitrogens with zero attached hydrogens (tertiary/aromatic N) is 2. The van der Waals surface area contributed by atoms with E-state index in [4.69, 9.17) is 5.73 Å². The smallest absolute Gasteiger partial charge is 0.337 e. The first-order valence-corrected chi connectivity index (χ1v) is 6.42. The predicted molar refractivity (Wildman–Crippen MR) is 76.9 cm³/mol. The third-order valence-corrected chi connectivity index (χ3v) is 3.77. The molecule has 1 heterocycles. The lowest BCUT2D eigenvalue weighted by Gasteiger charge is -2.46. The van der Waals surface area contributed by atoms with Crippen molar-refractivity contribution in [2.24, 2.45) is 0 Å². The molecule has 0 bridgehead atoms. The number of piperazine rings is 1. The molecule has 1 aliphatic rings. The van der Waals surface area contributed by atoms with Crippen LogP contribution in [0.1, 0.15) is 24.2 Å². The Kier molecular flexibility index (Phi) is 3.33. The highest BCUT2D eigenvalue weighted by Crippen LogP contribution is 2.35. The van der Waals surface area contributed by atoms with Gasteiger partial charge >= 0.3 is 5.97 Å². The molecule has 108 valence electrons. The lowest BCUT2D eigenvalue weighted by molar-refractivity contribution is -0.136. The van der Waals surface area contributed by atoms with E-state index in [1.807, 2.05) is 0 Å². The summed E-state index contributed by atoms with van der Waals surface area (Å²) in [5, 5.41) is 9.33. The molecule has 0 aliphatic carbocycles. The van der Waals surface area contributed by atoms with Crippen LogP contribution in [0.15, 0.2) is 18.2 Å². The van der Waals surface area contributed by atoms with Gasteiger partial charge in [0.15, 0.2) is 0 Å². The van der Waals surface area contributed by atoms with Crippen LogP contribution < -0.4 is 10.6 Å². The zero-order valence-electron chi connectivity index (χ0n) is 11.9. The molecule has 0 spiro atoms. The molecule has 0 unspecified atom stereocenters. The van der Waals surface area contributed by atoms with Gasteiger partial charge < -0.3 is 20.6 Å². The average Bonchev–Trinajstić information content (AvgIpc) is 2.37. The molecule has 1 aliphatic heterocycles. The van der Waals surface area contributed by atoms with E-state index >= 15 is 0 Å². The number of benzene rings is 1. The summed E-state index contributed by atoms with van der Waals surface area (Å²) in [5.74, 6) is -1.10. The van der Waals surface area contributed by atoms with Gasteiger partial charge in [-0.1, -0.05) is 6.07 Å². The largest absolute Gasteiger partial charge is 0.478 e. The molecule has 20 heavy (non-hydrogen) atoms. The van der Waals surface area contributed by atoms with E-state index in [-0.39, 0.29) is 11.5 Å². The molecular formula is C14H19N3O3. The minimum Gasteiger partial charge on any atom is -0.478 e. The van der Waals surface area contributed by atoms with Gasteiger partial charge in [0, 0.05) is 20.1 Å². The van der Waals surface area contributed by atoms with Gasteiger partial charge in [-0.15, -0.1) is 0 Å². The Morgan fingerprint density at radius 1 is 1.35 bits per heavy atom. The van der Waals surface area contributed by atoms with Gasteiger partial charge in [-0.3, -0.25) is 4.79 Å².